The Hall–Kier alpha value is -0.900. The molecule has 0 saturated carbocycles. The van der Waals surface area contributed by atoms with Gasteiger partial charge in [-0.1, -0.05) is 0 Å². The SMILES string of the molecule is CC(C)N(CCO)c1snc(N)c1S(=O)(=O)N(C)C. The van der Waals surface area contributed by atoms with Crippen molar-refractivity contribution in [3.05, 3.63) is 0 Å². The van der Waals surface area contributed by atoms with E-state index in [2.05, 4.69) is 4.37 Å². The standard InChI is InChI=1S/C10H20N4O3S2/c1-7(2)14(5-6-15)10-8(9(11)12-18-10)19(16,17)13(3)4/h7,15H,5-6H2,1-4H3,(H2,11,12). The lowest BCUT2D eigenvalue weighted by molar-refractivity contribution is 0.299. The molecule has 0 amide bonds. The molecule has 0 unspecified atom stereocenters. The zero-order valence-electron chi connectivity index (χ0n) is 11.5. The average Bonchev–Trinajstić information content (AvgIpc) is 2.67. The second-order valence-corrected chi connectivity index (χ2v) is 7.34. The number of aliphatic hydroxyl groups is 1. The van der Waals surface area contributed by atoms with E-state index in [-0.39, 0.29) is 23.4 Å². The maximum atomic E-state index is 12.3. The third-order valence-electron chi connectivity index (χ3n) is 2.62. The lowest BCUT2D eigenvalue weighted by atomic mass is 10.3. The first-order chi connectivity index (χ1) is 8.73. The van der Waals surface area contributed by atoms with Crippen LogP contribution in [0.1, 0.15) is 13.8 Å². The molecule has 0 spiro atoms. The highest BCUT2D eigenvalue weighted by atomic mass is 32.2. The number of hydrogen-bond donors (Lipinski definition) is 2. The third kappa shape index (κ3) is 3.16. The topological polar surface area (TPSA) is 99.8 Å². The minimum absolute atomic E-state index is 0.00251. The fraction of sp³-hybridized carbons (Fsp3) is 0.700. The number of rotatable bonds is 6. The van der Waals surface area contributed by atoms with Crippen molar-refractivity contribution in [3.8, 4) is 0 Å². The molecular weight excluding hydrogens is 288 g/mol. The second kappa shape index (κ2) is 6.04. The highest BCUT2D eigenvalue weighted by Crippen LogP contribution is 2.36. The van der Waals surface area contributed by atoms with Gasteiger partial charge in [0.15, 0.2) is 10.7 Å². The number of aliphatic hydroxyl groups excluding tert-OH is 1. The fourth-order valence-corrected chi connectivity index (χ4v) is 3.96. The molecule has 1 aromatic rings. The summed E-state index contributed by atoms with van der Waals surface area (Å²) in [5.41, 5.74) is 5.70. The van der Waals surface area contributed by atoms with Crippen molar-refractivity contribution >= 4 is 32.4 Å². The largest absolute Gasteiger partial charge is 0.395 e. The summed E-state index contributed by atoms with van der Waals surface area (Å²) in [4.78, 5) is 1.80. The van der Waals surface area contributed by atoms with Crippen molar-refractivity contribution < 1.29 is 13.5 Å². The van der Waals surface area contributed by atoms with Crippen LogP contribution in [0.15, 0.2) is 4.90 Å². The van der Waals surface area contributed by atoms with E-state index in [4.69, 9.17) is 10.8 Å². The molecule has 0 aromatic carbocycles. The van der Waals surface area contributed by atoms with Gasteiger partial charge in [-0.3, -0.25) is 0 Å². The molecule has 0 radical (unpaired) electrons. The molecule has 110 valence electrons. The van der Waals surface area contributed by atoms with Gasteiger partial charge in [0.1, 0.15) is 5.00 Å². The quantitative estimate of drug-likeness (QED) is 0.778. The number of sulfonamides is 1. The van der Waals surface area contributed by atoms with Gasteiger partial charge < -0.3 is 15.7 Å². The van der Waals surface area contributed by atoms with Crippen molar-refractivity contribution in [2.45, 2.75) is 24.8 Å². The molecular formula is C10H20N4O3S2. The Morgan fingerprint density at radius 2 is 2.00 bits per heavy atom. The summed E-state index contributed by atoms with van der Waals surface area (Å²) < 4.78 is 29.6. The van der Waals surface area contributed by atoms with Crippen LogP contribution >= 0.6 is 11.5 Å². The fourth-order valence-electron chi connectivity index (χ4n) is 1.59. The molecule has 1 aromatic heterocycles. The van der Waals surface area contributed by atoms with Gasteiger partial charge in [0.25, 0.3) is 0 Å². The van der Waals surface area contributed by atoms with Gasteiger partial charge in [-0.25, -0.2) is 12.7 Å². The van der Waals surface area contributed by atoms with E-state index in [1.165, 1.54) is 14.1 Å². The molecule has 0 aliphatic rings. The summed E-state index contributed by atoms with van der Waals surface area (Å²) >= 11 is 1.03. The molecule has 0 atom stereocenters. The van der Waals surface area contributed by atoms with Gasteiger partial charge in [-0.2, -0.15) is 4.37 Å². The second-order valence-electron chi connectivity index (χ2n) is 4.50. The lowest BCUT2D eigenvalue weighted by Gasteiger charge is -2.27. The van der Waals surface area contributed by atoms with Gasteiger partial charge in [-0.05, 0) is 25.4 Å². The van der Waals surface area contributed by atoms with E-state index in [9.17, 15) is 8.42 Å². The maximum Gasteiger partial charge on any atom is 0.249 e. The first-order valence-electron chi connectivity index (χ1n) is 5.78. The Bertz CT molecular complexity index is 525. The number of aromatic nitrogens is 1. The summed E-state index contributed by atoms with van der Waals surface area (Å²) in [7, 11) is -0.766. The monoisotopic (exact) mass is 308 g/mol. The Labute approximate surface area is 117 Å². The minimum atomic E-state index is -3.66. The van der Waals surface area contributed by atoms with Crippen LogP contribution in [0.2, 0.25) is 0 Å². The summed E-state index contributed by atoms with van der Waals surface area (Å²) in [5, 5.41) is 9.58. The van der Waals surface area contributed by atoms with E-state index in [0.717, 1.165) is 15.8 Å². The highest BCUT2D eigenvalue weighted by Gasteiger charge is 2.30. The summed E-state index contributed by atoms with van der Waals surface area (Å²) in [6.07, 6.45) is 0. The zero-order valence-corrected chi connectivity index (χ0v) is 13.1. The highest BCUT2D eigenvalue weighted by molar-refractivity contribution is 7.89. The molecule has 1 rings (SSSR count). The molecule has 7 nitrogen and oxygen atoms in total. The summed E-state index contributed by atoms with van der Waals surface area (Å²) in [5.74, 6) is -0.00251. The Morgan fingerprint density at radius 3 is 2.42 bits per heavy atom. The van der Waals surface area contributed by atoms with Crippen LogP contribution in [0, 0.1) is 0 Å². The molecule has 3 N–H and O–H groups in total. The van der Waals surface area contributed by atoms with Crippen LogP contribution < -0.4 is 10.6 Å². The molecule has 0 aliphatic carbocycles. The zero-order chi connectivity index (χ0) is 14.8. The Balaban J connectivity index is 3.39. The number of nitrogens with two attached hydrogens (primary N) is 1. The van der Waals surface area contributed by atoms with Crippen molar-refractivity contribution in [3.63, 3.8) is 0 Å². The predicted octanol–water partition coefficient (Wildman–Crippen LogP) is 0.183. The van der Waals surface area contributed by atoms with Crippen molar-refractivity contribution in [2.75, 3.05) is 37.9 Å². The lowest BCUT2D eigenvalue weighted by Crippen LogP contribution is -2.34. The van der Waals surface area contributed by atoms with E-state index < -0.39 is 10.0 Å². The molecule has 19 heavy (non-hydrogen) atoms. The Morgan fingerprint density at radius 1 is 1.42 bits per heavy atom. The van der Waals surface area contributed by atoms with E-state index in [0.29, 0.717) is 11.5 Å². The van der Waals surface area contributed by atoms with E-state index >= 15 is 0 Å². The van der Waals surface area contributed by atoms with Gasteiger partial charge >= 0.3 is 0 Å². The first-order valence-corrected chi connectivity index (χ1v) is 8.00. The minimum Gasteiger partial charge on any atom is -0.395 e. The normalized spacial score (nSPS) is 12.4. The predicted molar refractivity (Wildman–Crippen MR) is 77.0 cm³/mol. The number of anilines is 2. The Kier molecular flexibility index (Phi) is 5.13. The molecule has 1 heterocycles. The van der Waals surface area contributed by atoms with Crippen LogP contribution in [-0.2, 0) is 10.0 Å². The molecule has 0 saturated heterocycles. The number of hydrogen-bond acceptors (Lipinski definition) is 7. The van der Waals surface area contributed by atoms with Gasteiger partial charge in [0.05, 0.1) is 6.61 Å². The van der Waals surface area contributed by atoms with Gasteiger partial charge in [0, 0.05) is 26.7 Å². The van der Waals surface area contributed by atoms with E-state index in [1.54, 1.807) is 4.90 Å². The number of nitrogens with zero attached hydrogens (tertiary/aromatic N) is 3. The van der Waals surface area contributed by atoms with Crippen LogP contribution in [0.25, 0.3) is 0 Å². The smallest absolute Gasteiger partial charge is 0.249 e. The van der Waals surface area contributed by atoms with Gasteiger partial charge in [0.2, 0.25) is 10.0 Å². The van der Waals surface area contributed by atoms with Crippen molar-refractivity contribution in [1.82, 2.24) is 8.68 Å². The number of nitrogen functional groups attached to an aromatic ring is 1. The maximum absolute atomic E-state index is 12.3. The third-order valence-corrected chi connectivity index (χ3v) is 5.53. The van der Waals surface area contributed by atoms with Crippen LogP contribution in [0.4, 0.5) is 10.8 Å². The van der Waals surface area contributed by atoms with Crippen molar-refractivity contribution in [2.24, 2.45) is 0 Å². The summed E-state index contributed by atoms with van der Waals surface area (Å²) in [6, 6.07) is 0.0307. The molecule has 0 fully saturated rings. The van der Waals surface area contributed by atoms with Gasteiger partial charge in [-0.15, -0.1) is 0 Å². The van der Waals surface area contributed by atoms with Crippen LogP contribution in [0.5, 0.6) is 0 Å². The summed E-state index contributed by atoms with van der Waals surface area (Å²) in [6.45, 7) is 4.09. The van der Waals surface area contributed by atoms with Crippen LogP contribution in [-0.4, -0.2) is 55.5 Å². The van der Waals surface area contributed by atoms with Crippen LogP contribution in [0.3, 0.4) is 0 Å². The molecule has 0 aliphatic heterocycles. The molecule has 9 heteroatoms. The van der Waals surface area contributed by atoms with Crippen molar-refractivity contribution in [1.29, 1.82) is 0 Å². The first kappa shape index (κ1) is 16.2. The molecule has 0 bridgehead atoms. The van der Waals surface area contributed by atoms with E-state index in [1.807, 2.05) is 13.8 Å². The average molecular weight is 308 g/mol.